The van der Waals surface area contributed by atoms with Crippen LogP contribution in [0.5, 0.6) is 0 Å². The van der Waals surface area contributed by atoms with Crippen molar-refractivity contribution >= 4 is 17.8 Å². The number of aromatic nitrogens is 1. The molecule has 0 unspecified atom stereocenters. The Bertz CT molecular complexity index is 698. The number of anilines is 1. The highest BCUT2D eigenvalue weighted by Crippen LogP contribution is 2.26. The normalized spacial score (nSPS) is 18.2. The summed E-state index contributed by atoms with van der Waals surface area (Å²) in [5.41, 5.74) is 0.927. The summed E-state index contributed by atoms with van der Waals surface area (Å²) in [5.74, 6) is 0.918. The minimum atomic E-state index is -0.313. The number of urea groups is 1. The van der Waals surface area contributed by atoms with E-state index in [2.05, 4.69) is 15.8 Å². The van der Waals surface area contributed by atoms with Crippen LogP contribution >= 0.6 is 0 Å². The number of rotatable bonds is 2. The van der Waals surface area contributed by atoms with Crippen molar-refractivity contribution in [3.8, 4) is 0 Å². The van der Waals surface area contributed by atoms with E-state index in [-0.39, 0.29) is 24.4 Å². The van der Waals surface area contributed by atoms with Crippen LogP contribution in [0.1, 0.15) is 23.8 Å². The molecule has 120 valence electrons. The van der Waals surface area contributed by atoms with Crippen molar-refractivity contribution in [3.05, 3.63) is 47.7 Å². The van der Waals surface area contributed by atoms with Crippen molar-refractivity contribution < 1.29 is 14.1 Å². The molecule has 0 radical (unpaired) electrons. The van der Waals surface area contributed by atoms with Crippen molar-refractivity contribution in [2.24, 2.45) is 0 Å². The van der Waals surface area contributed by atoms with Gasteiger partial charge >= 0.3 is 6.03 Å². The standard InChI is InChI=1S/C16H18N4O3/c1-11-9-14(19-23-11)18-16(22)20-8-7-17-15(21)10-13(20)12-5-3-2-4-6-12/h2-6,9,13H,7-8,10H2,1H3,(H,17,21)(H,18,19,22)/t13-/m1/s1. The molecule has 0 spiro atoms. The van der Waals surface area contributed by atoms with E-state index in [4.69, 9.17) is 4.52 Å². The van der Waals surface area contributed by atoms with Crippen LogP contribution in [0.3, 0.4) is 0 Å². The molecule has 3 rings (SSSR count). The third-order valence-corrected chi connectivity index (χ3v) is 3.74. The third kappa shape index (κ3) is 3.50. The molecule has 7 nitrogen and oxygen atoms in total. The van der Waals surface area contributed by atoms with Crippen LogP contribution in [0.4, 0.5) is 10.6 Å². The fourth-order valence-electron chi connectivity index (χ4n) is 2.65. The molecule has 23 heavy (non-hydrogen) atoms. The molecule has 1 saturated heterocycles. The number of nitrogens with zero attached hydrogens (tertiary/aromatic N) is 2. The fourth-order valence-corrected chi connectivity index (χ4v) is 2.65. The smallest absolute Gasteiger partial charge is 0.323 e. The average Bonchev–Trinajstić information content (AvgIpc) is 2.84. The zero-order valence-electron chi connectivity index (χ0n) is 12.8. The van der Waals surface area contributed by atoms with Crippen molar-refractivity contribution in [2.75, 3.05) is 18.4 Å². The number of benzene rings is 1. The summed E-state index contributed by atoms with van der Waals surface area (Å²) in [6, 6.07) is 10.6. The van der Waals surface area contributed by atoms with Gasteiger partial charge in [-0.2, -0.15) is 0 Å². The number of amides is 3. The van der Waals surface area contributed by atoms with Crippen LogP contribution in [-0.4, -0.2) is 35.1 Å². The molecule has 0 bridgehead atoms. The quantitative estimate of drug-likeness (QED) is 0.888. The molecular formula is C16H18N4O3. The first-order valence-corrected chi connectivity index (χ1v) is 7.46. The van der Waals surface area contributed by atoms with Crippen molar-refractivity contribution in [1.29, 1.82) is 0 Å². The van der Waals surface area contributed by atoms with Gasteiger partial charge in [-0.15, -0.1) is 0 Å². The van der Waals surface area contributed by atoms with Gasteiger partial charge in [-0.3, -0.25) is 10.1 Å². The Morgan fingerprint density at radius 1 is 1.39 bits per heavy atom. The predicted octanol–water partition coefficient (Wildman–Crippen LogP) is 2.08. The molecule has 0 aliphatic carbocycles. The van der Waals surface area contributed by atoms with Crippen LogP contribution in [0.15, 0.2) is 40.9 Å². The van der Waals surface area contributed by atoms with E-state index >= 15 is 0 Å². The second-order valence-electron chi connectivity index (χ2n) is 5.43. The number of aryl methyl sites for hydroxylation is 1. The summed E-state index contributed by atoms with van der Waals surface area (Å²) >= 11 is 0. The Balaban J connectivity index is 1.83. The topological polar surface area (TPSA) is 87.5 Å². The maximum absolute atomic E-state index is 12.6. The highest BCUT2D eigenvalue weighted by molar-refractivity contribution is 5.89. The molecule has 7 heteroatoms. The van der Waals surface area contributed by atoms with Crippen molar-refractivity contribution in [2.45, 2.75) is 19.4 Å². The van der Waals surface area contributed by atoms with Gasteiger partial charge in [0.25, 0.3) is 0 Å². The summed E-state index contributed by atoms with van der Waals surface area (Å²) in [5, 5.41) is 9.29. The lowest BCUT2D eigenvalue weighted by molar-refractivity contribution is -0.121. The second kappa shape index (κ2) is 6.51. The molecule has 1 atom stereocenters. The Morgan fingerprint density at radius 2 is 2.17 bits per heavy atom. The first-order chi connectivity index (χ1) is 11.1. The van der Waals surface area contributed by atoms with Gasteiger partial charge in [0.2, 0.25) is 5.91 Å². The Morgan fingerprint density at radius 3 is 2.87 bits per heavy atom. The van der Waals surface area contributed by atoms with E-state index in [1.807, 2.05) is 30.3 Å². The van der Waals surface area contributed by atoms with Gasteiger partial charge in [0.1, 0.15) is 5.76 Å². The molecule has 0 saturated carbocycles. The molecule has 2 N–H and O–H groups in total. The molecule has 1 aliphatic heterocycles. The predicted molar refractivity (Wildman–Crippen MR) is 83.8 cm³/mol. The number of nitrogens with one attached hydrogen (secondary N) is 2. The van der Waals surface area contributed by atoms with E-state index in [1.54, 1.807) is 17.9 Å². The lowest BCUT2D eigenvalue weighted by Gasteiger charge is -2.29. The van der Waals surface area contributed by atoms with E-state index < -0.39 is 0 Å². The molecule has 1 aliphatic rings. The van der Waals surface area contributed by atoms with Crippen molar-refractivity contribution in [3.63, 3.8) is 0 Å². The van der Waals surface area contributed by atoms with Crippen LogP contribution in [0.2, 0.25) is 0 Å². The summed E-state index contributed by atoms with van der Waals surface area (Å²) in [7, 11) is 0. The van der Waals surface area contributed by atoms with E-state index in [1.165, 1.54) is 0 Å². The van der Waals surface area contributed by atoms with Crippen LogP contribution in [-0.2, 0) is 4.79 Å². The summed E-state index contributed by atoms with van der Waals surface area (Å²) in [6.45, 7) is 2.60. The van der Waals surface area contributed by atoms with E-state index in [0.717, 1.165) is 5.56 Å². The summed E-state index contributed by atoms with van der Waals surface area (Å²) in [4.78, 5) is 26.2. The maximum Gasteiger partial charge on any atom is 0.323 e. The SMILES string of the molecule is Cc1cc(NC(=O)N2CCNC(=O)C[C@@H]2c2ccccc2)no1. The number of carbonyl (C=O) groups is 2. The molecule has 3 amide bonds. The maximum atomic E-state index is 12.6. The lowest BCUT2D eigenvalue weighted by atomic mass is 10.0. The Kier molecular flexibility index (Phi) is 4.27. The van der Waals surface area contributed by atoms with Crippen LogP contribution in [0, 0.1) is 6.92 Å². The third-order valence-electron chi connectivity index (χ3n) is 3.74. The van der Waals surface area contributed by atoms with Gasteiger partial charge < -0.3 is 14.7 Å². The Hall–Kier alpha value is -2.83. The highest BCUT2D eigenvalue weighted by atomic mass is 16.5. The minimum Gasteiger partial charge on any atom is -0.360 e. The van der Waals surface area contributed by atoms with Gasteiger partial charge in [0.05, 0.1) is 12.5 Å². The first kappa shape index (κ1) is 15.1. The fraction of sp³-hybridized carbons (Fsp3) is 0.312. The largest absolute Gasteiger partial charge is 0.360 e. The molecule has 2 aromatic rings. The highest BCUT2D eigenvalue weighted by Gasteiger charge is 2.30. The Labute approximate surface area is 133 Å². The molecule has 2 heterocycles. The van der Waals surface area contributed by atoms with Gasteiger partial charge in [-0.1, -0.05) is 35.5 Å². The summed E-state index contributed by atoms with van der Waals surface area (Å²) in [6.07, 6.45) is 0.231. The van der Waals surface area contributed by atoms with E-state index in [9.17, 15) is 9.59 Å². The average molecular weight is 314 g/mol. The van der Waals surface area contributed by atoms with Crippen molar-refractivity contribution in [1.82, 2.24) is 15.4 Å². The monoisotopic (exact) mass is 314 g/mol. The van der Waals surface area contributed by atoms with Gasteiger partial charge in [0.15, 0.2) is 5.82 Å². The van der Waals surface area contributed by atoms with Gasteiger partial charge in [-0.25, -0.2) is 4.79 Å². The lowest BCUT2D eigenvalue weighted by Crippen LogP contribution is -2.39. The van der Waals surface area contributed by atoms with E-state index in [0.29, 0.717) is 24.7 Å². The second-order valence-corrected chi connectivity index (χ2v) is 5.43. The molecule has 1 fully saturated rings. The number of hydrogen-bond donors (Lipinski definition) is 2. The number of carbonyl (C=O) groups excluding carboxylic acids is 2. The molecule has 1 aromatic carbocycles. The van der Waals surface area contributed by atoms with Crippen LogP contribution < -0.4 is 10.6 Å². The minimum absolute atomic E-state index is 0.0635. The molecular weight excluding hydrogens is 296 g/mol. The number of hydrogen-bond acceptors (Lipinski definition) is 4. The first-order valence-electron chi connectivity index (χ1n) is 7.46. The van der Waals surface area contributed by atoms with Gasteiger partial charge in [-0.05, 0) is 12.5 Å². The van der Waals surface area contributed by atoms with Crippen LogP contribution in [0.25, 0.3) is 0 Å². The van der Waals surface area contributed by atoms with Gasteiger partial charge in [0, 0.05) is 19.2 Å². The summed E-state index contributed by atoms with van der Waals surface area (Å²) < 4.78 is 4.96. The molecule has 1 aromatic heterocycles. The zero-order valence-corrected chi connectivity index (χ0v) is 12.8. The zero-order chi connectivity index (χ0) is 16.2.